The summed E-state index contributed by atoms with van der Waals surface area (Å²) in [7, 11) is 0. The fraction of sp³-hybridized carbons (Fsp3) is 0.385. The first-order valence-electron chi connectivity index (χ1n) is 5.46. The molecule has 0 heterocycles. The van der Waals surface area contributed by atoms with Crippen LogP contribution in [0.3, 0.4) is 0 Å². The second-order valence-corrected chi connectivity index (χ2v) is 4.15. The van der Waals surface area contributed by atoms with Crippen molar-refractivity contribution in [2.45, 2.75) is 18.9 Å². The van der Waals surface area contributed by atoms with Crippen molar-refractivity contribution in [3.8, 4) is 12.1 Å². The van der Waals surface area contributed by atoms with Crippen LogP contribution in [0, 0.1) is 28.6 Å². The van der Waals surface area contributed by atoms with Gasteiger partial charge in [0.2, 0.25) is 0 Å². The molecule has 0 amide bonds. The Kier molecular flexibility index (Phi) is 3.19. The summed E-state index contributed by atoms with van der Waals surface area (Å²) in [5, 5.41) is 21.0. The number of nitrogens with one attached hydrogen (secondary N) is 1. The van der Waals surface area contributed by atoms with Crippen LogP contribution in [0.25, 0.3) is 0 Å². The average Bonchev–Trinajstić information content (AvgIpc) is 3.15. The average molecular weight is 211 g/mol. The minimum absolute atomic E-state index is 0.256. The predicted octanol–water partition coefficient (Wildman–Crippen LogP) is 2.12. The Morgan fingerprint density at radius 2 is 1.94 bits per heavy atom. The quantitative estimate of drug-likeness (QED) is 0.829. The molecule has 0 spiro atoms. The van der Waals surface area contributed by atoms with Crippen LogP contribution in [0.5, 0.6) is 0 Å². The molecule has 3 nitrogen and oxygen atoms in total. The highest BCUT2D eigenvalue weighted by Crippen LogP contribution is 2.28. The molecule has 1 saturated carbocycles. The molecule has 0 saturated heterocycles. The van der Waals surface area contributed by atoms with E-state index in [0.717, 1.165) is 18.0 Å². The van der Waals surface area contributed by atoms with Crippen molar-refractivity contribution in [2.75, 3.05) is 6.54 Å². The molecule has 0 radical (unpaired) electrons. The van der Waals surface area contributed by atoms with Gasteiger partial charge in [0, 0.05) is 0 Å². The lowest BCUT2D eigenvalue weighted by Crippen LogP contribution is -2.22. The summed E-state index contributed by atoms with van der Waals surface area (Å²) in [5.74, 6) is 0.759. The smallest absolute Gasteiger partial charge is 0.121 e. The van der Waals surface area contributed by atoms with E-state index in [0.29, 0.717) is 5.56 Å². The molecular formula is C13H13N3. The van der Waals surface area contributed by atoms with Gasteiger partial charge in [0.1, 0.15) is 6.04 Å². The van der Waals surface area contributed by atoms with E-state index >= 15 is 0 Å². The van der Waals surface area contributed by atoms with E-state index in [9.17, 15) is 0 Å². The van der Waals surface area contributed by atoms with Crippen LogP contribution in [0.1, 0.15) is 30.0 Å². The first-order chi connectivity index (χ1) is 7.83. The Morgan fingerprint density at radius 1 is 1.25 bits per heavy atom. The Morgan fingerprint density at radius 3 is 2.44 bits per heavy atom. The molecule has 16 heavy (non-hydrogen) atoms. The van der Waals surface area contributed by atoms with Gasteiger partial charge in [-0.1, -0.05) is 12.1 Å². The van der Waals surface area contributed by atoms with Crippen molar-refractivity contribution in [3.63, 3.8) is 0 Å². The molecule has 3 heteroatoms. The number of nitriles is 2. The number of rotatable bonds is 4. The highest BCUT2D eigenvalue weighted by atomic mass is 14.9. The molecule has 1 atom stereocenters. The van der Waals surface area contributed by atoms with E-state index in [4.69, 9.17) is 10.5 Å². The van der Waals surface area contributed by atoms with Crippen LogP contribution in [0.2, 0.25) is 0 Å². The van der Waals surface area contributed by atoms with Crippen molar-refractivity contribution in [2.24, 2.45) is 5.92 Å². The summed E-state index contributed by atoms with van der Waals surface area (Å²) in [5.41, 5.74) is 1.56. The van der Waals surface area contributed by atoms with Crippen LogP contribution < -0.4 is 5.32 Å². The van der Waals surface area contributed by atoms with Gasteiger partial charge in [-0.2, -0.15) is 10.5 Å². The van der Waals surface area contributed by atoms with E-state index in [1.54, 1.807) is 12.1 Å². The van der Waals surface area contributed by atoms with Gasteiger partial charge in [-0.3, -0.25) is 5.32 Å². The standard InChI is InChI=1S/C13H13N3/c14-7-10-3-5-12(6-4-10)13(8-15)16-9-11-1-2-11/h3-6,11,13,16H,1-2,9H2. The number of hydrogen-bond acceptors (Lipinski definition) is 3. The highest BCUT2D eigenvalue weighted by molar-refractivity contribution is 5.34. The number of hydrogen-bond donors (Lipinski definition) is 1. The van der Waals surface area contributed by atoms with Gasteiger partial charge in [-0.05, 0) is 43.0 Å². The molecule has 0 bridgehead atoms. The zero-order valence-corrected chi connectivity index (χ0v) is 8.98. The molecular weight excluding hydrogens is 198 g/mol. The van der Waals surface area contributed by atoms with Crippen molar-refractivity contribution in [1.82, 2.24) is 5.32 Å². The summed E-state index contributed by atoms with van der Waals surface area (Å²) in [6.07, 6.45) is 2.55. The molecule has 1 aliphatic rings. The van der Waals surface area contributed by atoms with Crippen molar-refractivity contribution < 1.29 is 0 Å². The minimum Gasteiger partial charge on any atom is -0.298 e. The maximum absolute atomic E-state index is 9.06. The fourth-order valence-corrected chi connectivity index (χ4v) is 1.59. The van der Waals surface area contributed by atoms with Crippen LogP contribution in [0.15, 0.2) is 24.3 Å². The van der Waals surface area contributed by atoms with E-state index in [1.807, 2.05) is 12.1 Å². The summed E-state index contributed by atoms with van der Waals surface area (Å²) in [6.45, 7) is 0.915. The maximum Gasteiger partial charge on any atom is 0.121 e. The SMILES string of the molecule is N#Cc1ccc(C(C#N)NCC2CC2)cc1. The van der Waals surface area contributed by atoms with Gasteiger partial charge < -0.3 is 0 Å². The molecule has 0 aliphatic heterocycles. The maximum atomic E-state index is 9.06. The zero-order valence-electron chi connectivity index (χ0n) is 8.98. The van der Waals surface area contributed by atoms with Crippen molar-refractivity contribution >= 4 is 0 Å². The molecule has 1 aromatic carbocycles. The molecule has 2 rings (SSSR count). The lowest BCUT2D eigenvalue weighted by Gasteiger charge is -2.11. The summed E-state index contributed by atoms with van der Waals surface area (Å²) < 4.78 is 0. The third-order valence-corrected chi connectivity index (χ3v) is 2.81. The third-order valence-electron chi connectivity index (χ3n) is 2.81. The van der Waals surface area contributed by atoms with E-state index < -0.39 is 0 Å². The van der Waals surface area contributed by atoms with Crippen molar-refractivity contribution in [3.05, 3.63) is 35.4 Å². The predicted molar refractivity (Wildman–Crippen MR) is 60.2 cm³/mol. The van der Waals surface area contributed by atoms with E-state index in [-0.39, 0.29) is 6.04 Å². The van der Waals surface area contributed by atoms with E-state index in [1.165, 1.54) is 12.8 Å². The third kappa shape index (κ3) is 2.59. The van der Waals surface area contributed by atoms with Gasteiger partial charge in [0.05, 0.1) is 17.7 Å². The van der Waals surface area contributed by atoms with Crippen LogP contribution in [0.4, 0.5) is 0 Å². The largest absolute Gasteiger partial charge is 0.298 e. The molecule has 0 aromatic heterocycles. The fourth-order valence-electron chi connectivity index (χ4n) is 1.59. The Balaban J connectivity index is 2.01. The van der Waals surface area contributed by atoms with Gasteiger partial charge >= 0.3 is 0 Å². The van der Waals surface area contributed by atoms with Gasteiger partial charge in [-0.15, -0.1) is 0 Å². The summed E-state index contributed by atoms with van der Waals surface area (Å²) >= 11 is 0. The Bertz CT molecular complexity index is 432. The van der Waals surface area contributed by atoms with Crippen molar-refractivity contribution in [1.29, 1.82) is 10.5 Å². The van der Waals surface area contributed by atoms with Crippen LogP contribution in [-0.4, -0.2) is 6.54 Å². The summed E-state index contributed by atoms with van der Waals surface area (Å²) in [4.78, 5) is 0. The number of nitrogens with zero attached hydrogens (tertiary/aromatic N) is 2. The van der Waals surface area contributed by atoms with E-state index in [2.05, 4.69) is 17.5 Å². The molecule has 1 unspecified atom stereocenters. The molecule has 1 aliphatic carbocycles. The summed E-state index contributed by atoms with van der Waals surface area (Å²) in [6, 6.07) is 11.2. The van der Waals surface area contributed by atoms with Gasteiger partial charge in [0.15, 0.2) is 0 Å². The normalized spacial score (nSPS) is 16.1. The molecule has 1 aromatic rings. The van der Waals surface area contributed by atoms with Gasteiger partial charge in [-0.25, -0.2) is 0 Å². The van der Waals surface area contributed by atoms with Crippen LogP contribution in [-0.2, 0) is 0 Å². The topological polar surface area (TPSA) is 59.6 Å². The molecule has 1 N–H and O–H groups in total. The number of benzene rings is 1. The lowest BCUT2D eigenvalue weighted by atomic mass is 10.1. The second-order valence-electron chi connectivity index (χ2n) is 4.15. The lowest BCUT2D eigenvalue weighted by molar-refractivity contribution is 0.593. The zero-order chi connectivity index (χ0) is 11.4. The minimum atomic E-state index is -0.256. The first-order valence-corrected chi connectivity index (χ1v) is 5.46. The Hall–Kier alpha value is -1.84. The van der Waals surface area contributed by atoms with Gasteiger partial charge in [0.25, 0.3) is 0 Å². The first kappa shape index (κ1) is 10.7. The monoisotopic (exact) mass is 211 g/mol. The Labute approximate surface area is 95.3 Å². The highest BCUT2D eigenvalue weighted by Gasteiger charge is 2.22. The van der Waals surface area contributed by atoms with Crippen LogP contribution >= 0.6 is 0 Å². The second kappa shape index (κ2) is 4.79. The molecule has 1 fully saturated rings. The molecule has 80 valence electrons.